The molecule has 1 saturated heterocycles. The van der Waals surface area contributed by atoms with Gasteiger partial charge in [0.2, 0.25) is 5.91 Å². The summed E-state index contributed by atoms with van der Waals surface area (Å²) in [4.78, 5) is 17.8. The van der Waals surface area contributed by atoms with Crippen molar-refractivity contribution in [3.05, 3.63) is 69.2 Å². The summed E-state index contributed by atoms with van der Waals surface area (Å²) in [6.45, 7) is 2.27. The lowest BCUT2D eigenvalue weighted by Gasteiger charge is -2.43. The van der Waals surface area contributed by atoms with Crippen molar-refractivity contribution in [2.45, 2.75) is 44.2 Å². The van der Waals surface area contributed by atoms with E-state index in [9.17, 15) is 4.79 Å². The van der Waals surface area contributed by atoms with E-state index in [1.165, 1.54) is 24.0 Å². The number of amides is 1. The van der Waals surface area contributed by atoms with Crippen LogP contribution in [-0.4, -0.2) is 41.9 Å². The number of benzene rings is 2. The number of carbonyl (C=O) groups is 1. The van der Waals surface area contributed by atoms with Crippen molar-refractivity contribution in [1.29, 1.82) is 0 Å². The number of likely N-dealkylation sites (N-methyl/N-ethyl adjacent to an activating group) is 1. The predicted octanol–water partition coefficient (Wildman–Crippen LogP) is 5.57. The number of rotatable bonds is 4. The Hall–Kier alpha value is -1.26. The molecule has 0 unspecified atom stereocenters. The topological polar surface area (TPSA) is 23.6 Å². The molecule has 2 aromatic rings. The Balaban J connectivity index is 0.00000240. The highest BCUT2D eigenvalue weighted by Gasteiger charge is 2.38. The lowest BCUT2D eigenvalue weighted by atomic mass is 9.82. The number of aryl methyl sites for hydroxylation is 1. The zero-order chi connectivity index (χ0) is 19.7. The van der Waals surface area contributed by atoms with Crippen LogP contribution < -0.4 is 0 Å². The molecule has 156 valence electrons. The SMILES string of the molecule is CN(C(=O)Cc1ccc(Cl)c(Cl)c1)[C@H]1c2ccccc2CC[C@@H]1N1CCCC1.Cl. The van der Waals surface area contributed by atoms with Gasteiger partial charge in [-0.3, -0.25) is 9.69 Å². The first-order valence-electron chi connectivity index (χ1n) is 10.1. The van der Waals surface area contributed by atoms with Crippen molar-refractivity contribution in [2.24, 2.45) is 0 Å². The first-order chi connectivity index (χ1) is 13.5. The van der Waals surface area contributed by atoms with E-state index in [-0.39, 0.29) is 24.4 Å². The molecule has 1 amide bonds. The fraction of sp³-hybridized carbons (Fsp3) is 0.435. The molecular weight excluding hydrogens is 427 g/mol. The van der Waals surface area contributed by atoms with Crippen molar-refractivity contribution in [3.63, 3.8) is 0 Å². The summed E-state index contributed by atoms with van der Waals surface area (Å²) >= 11 is 12.2. The molecule has 2 aromatic carbocycles. The second-order valence-electron chi connectivity index (χ2n) is 7.92. The summed E-state index contributed by atoms with van der Waals surface area (Å²) in [7, 11) is 1.95. The molecule has 0 spiro atoms. The third-order valence-corrected chi connectivity index (χ3v) is 6.95. The Kier molecular flexibility index (Phi) is 7.50. The Morgan fingerprint density at radius 1 is 1.10 bits per heavy atom. The molecule has 29 heavy (non-hydrogen) atoms. The van der Waals surface area contributed by atoms with Crippen LogP contribution in [0.3, 0.4) is 0 Å². The molecule has 1 aliphatic carbocycles. The minimum atomic E-state index is 0. The van der Waals surface area contributed by atoms with Crippen LogP contribution in [0.1, 0.15) is 42.0 Å². The molecular formula is C23H27Cl3N2O. The second kappa shape index (κ2) is 9.70. The number of fused-ring (bicyclic) bond motifs is 1. The average Bonchev–Trinajstić information content (AvgIpc) is 3.24. The van der Waals surface area contributed by atoms with E-state index in [1.807, 2.05) is 18.0 Å². The molecule has 0 saturated carbocycles. The maximum Gasteiger partial charge on any atom is 0.227 e. The van der Waals surface area contributed by atoms with E-state index in [0.717, 1.165) is 31.5 Å². The van der Waals surface area contributed by atoms with E-state index in [0.29, 0.717) is 22.5 Å². The smallest absolute Gasteiger partial charge is 0.227 e. The monoisotopic (exact) mass is 452 g/mol. The van der Waals surface area contributed by atoms with Crippen LogP contribution in [0.4, 0.5) is 0 Å². The maximum absolute atomic E-state index is 13.2. The van der Waals surface area contributed by atoms with Crippen LogP contribution in [0.2, 0.25) is 10.0 Å². The van der Waals surface area contributed by atoms with Gasteiger partial charge in [0, 0.05) is 13.1 Å². The van der Waals surface area contributed by atoms with Gasteiger partial charge in [0.1, 0.15) is 0 Å². The summed E-state index contributed by atoms with van der Waals surface area (Å²) in [6, 6.07) is 14.5. The van der Waals surface area contributed by atoms with Crippen LogP contribution in [0.5, 0.6) is 0 Å². The molecule has 1 aliphatic heterocycles. The summed E-state index contributed by atoms with van der Waals surface area (Å²) in [5.41, 5.74) is 3.57. The summed E-state index contributed by atoms with van der Waals surface area (Å²) in [6.07, 6.45) is 5.03. The minimum absolute atomic E-state index is 0. The minimum Gasteiger partial charge on any atom is -0.337 e. The number of nitrogens with zero attached hydrogens (tertiary/aromatic N) is 2. The average molecular weight is 454 g/mol. The molecule has 4 rings (SSSR count). The van der Waals surface area contributed by atoms with Crippen LogP contribution in [0.15, 0.2) is 42.5 Å². The highest BCUT2D eigenvalue weighted by atomic mass is 35.5. The number of hydrogen-bond acceptors (Lipinski definition) is 2. The van der Waals surface area contributed by atoms with Crippen LogP contribution in [-0.2, 0) is 17.6 Å². The summed E-state index contributed by atoms with van der Waals surface area (Å²) in [5, 5.41) is 1.01. The Labute approximate surface area is 189 Å². The molecule has 0 bridgehead atoms. The Bertz CT molecular complexity index is 867. The van der Waals surface area contributed by atoms with Gasteiger partial charge in [-0.2, -0.15) is 0 Å². The fourth-order valence-corrected chi connectivity index (χ4v) is 5.07. The molecule has 2 aliphatic rings. The Morgan fingerprint density at radius 3 is 2.55 bits per heavy atom. The largest absolute Gasteiger partial charge is 0.337 e. The van der Waals surface area contributed by atoms with E-state index in [4.69, 9.17) is 23.2 Å². The third kappa shape index (κ3) is 4.74. The van der Waals surface area contributed by atoms with E-state index < -0.39 is 0 Å². The van der Waals surface area contributed by atoms with Crippen molar-refractivity contribution >= 4 is 41.5 Å². The van der Waals surface area contributed by atoms with Crippen molar-refractivity contribution in [1.82, 2.24) is 9.80 Å². The summed E-state index contributed by atoms with van der Waals surface area (Å²) < 4.78 is 0. The van der Waals surface area contributed by atoms with Gasteiger partial charge in [-0.1, -0.05) is 53.5 Å². The number of halogens is 3. The van der Waals surface area contributed by atoms with E-state index in [1.54, 1.807) is 12.1 Å². The first kappa shape index (κ1) is 22.4. The van der Waals surface area contributed by atoms with Gasteiger partial charge in [-0.05, 0) is 67.6 Å². The molecule has 2 atom stereocenters. The van der Waals surface area contributed by atoms with Crippen molar-refractivity contribution in [2.75, 3.05) is 20.1 Å². The van der Waals surface area contributed by atoms with Crippen molar-refractivity contribution < 1.29 is 4.79 Å². The predicted molar refractivity (Wildman–Crippen MR) is 122 cm³/mol. The standard InChI is InChI=1S/C23H26Cl2N2O.ClH/c1-26(22(28)15-16-8-10-19(24)20(25)14-16)23-18-7-3-2-6-17(18)9-11-21(23)27-12-4-5-13-27;/h2-3,6-8,10,14,21,23H,4-5,9,11-13,15H2,1H3;1H/t21-,23-;/m0./s1. The van der Waals surface area contributed by atoms with Gasteiger partial charge in [0.15, 0.2) is 0 Å². The first-order valence-corrected chi connectivity index (χ1v) is 10.8. The lowest BCUT2D eigenvalue weighted by Crippen LogP contribution is -2.48. The van der Waals surface area contributed by atoms with Gasteiger partial charge < -0.3 is 4.90 Å². The zero-order valence-electron chi connectivity index (χ0n) is 16.6. The second-order valence-corrected chi connectivity index (χ2v) is 8.74. The molecule has 1 heterocycles. The molecule has 6 heteroatoms. The lowest BCUT2D eigenvalue weighted by molar-refractivity contribution is -0.133. The normalized spacial score (nSPS) is 21.3. The number of carbonyl (C=O) groups excluding carboxylic acids is 1. The Morgan fingerprint density at radius 2 is 1.83 bits per heavy atom. The van der Waals surface area contributed by atoms with Gasteiger partial charge in [0.05, 0.1) is 22.5 Å². The molecule has 3 nitrogen and oxygen atoms in total. The van der Waals surface area contributed by atoms with Crippen LogP contribution in [0.25, 0.3) is 0 Å². The van der Waals surface area contributed by atoms with E-state index in [2.05, 4.69) is 29.2 Å². The highest BCUT2D eigenvalue weighted by Crippen LogP contribution is 2.38. The van der Waals surface area contributed by atoms with Crippen molar-refractivity contribution in [3.8, 4) is 0 Å². The van der Waals surface area contributed by atoms with Crippen LogP contribution >= 0.6 is 35.6 Å². The van der Waals surface area contributed by atoms with E-state index >= 15 is 0 Å². The molecule has 0 aromatic heterocycles. The van der Waals surface area contributed by atoms with Gasteiger partial charge in [0.25, 0.3) is 0 Å². The number of likely N-dealkylation sites (tertiary alicyclic amines) is 1. The number of hydrogen-bond donors (Lipinski definition) is 0. The fourth-order valence-electron chi connectivity index (χ4n) is 4.75. The van der Waals surface area contributed by atoms with Gasteiger partial charge in [-0.15, -0.1) is 12.4 Å². The quantitative estimate of drug-likeness (QED) is 0.604. The van der Waals surface area contributed by atoms with Gasteiger partial charge >= 0.3 is 0 Å². The zero-order valence-corrected chi connectivity index (χ0v) is 18.9. The highest BCUT2D eigenvalue weighted by molar-refractivity contribution is 6.42. The third-order valence-electron chi connectivity index (χ3n) is 6.21. The van der Waals surface area contributed by atoms with Gasteiger partial charge in [-0.25, -0.2) is 0 Å². The molecule has 0 radical (unpaired) electrons. The summed E-state index contributed by atoms with van der Waals surface area (Å²) in [5.74, 6) is 0.115. The molecule has 0 N–H and O–H groups in total. The van der Waals surface area contributed by atoms with Crippen LogP contribution in [0, 0.1) is 0 Å². The maximum atomic E-state index is 13.2. The molecule has 1 fully saturated rings.